The number of phosphoric acid groups is 2. The first-order chi connectivity index (χ1) is 32.9. The van der Waals surface area contributed by atoms with Gasteiger partial charge in [-0.2, -0.15) is 0 Å². The summed E-state index contributed by atoms with van der Waals surface area (Å²) in [5, 5.41) is 62.2. The van der Waals surface area contributed by atoms with Gasteiger partial charge in [-0.25, -0.2) is 9.13 Å². The zero-order valence-corrected chi connectivity index (χ0v) is 42.7. The van der Waals surface area contributed by atoms with Crippen molar-refractivity contribution in [3.8, 4) is 0 Å². The van der Waals surface area contributed by atoms with E-state index in [9.17, 15) is 64.0 Å². The van der Waals surface area contributed by atoms with Gasteiger partial charge < -0.3 is 54.8 Å². The average molecular weight is 1030 g/mol. The van der Waals surface area contributed by atoms with Gasteiger partial charge in [0.15, 0.2) is 6.10 Å². The van der Waals surface area contributed by atoms with Gasteiger partial charge in [0.05, 0.1) is 18.8 Å². The predicted octanol–water partition coefficient (Wildman–Crippen LogP) is 7.78. The van der Waals surface area contributed by atoms with E-state index in [0.29, 0.717) is 12.8 Å². The monoisotopic (exact) mass is 1020 g/mol. The molecule has 0 radical (unpaired) electrons. The maximum atomic E-state index is 13.0. The molecule has 0 aromatic carbocycles. The Bertz CT molecular complexity index is 1600. The Morgan fingerprint density at radius 1 is 0.536 bits per heavy atom. The number of hydrogen-bond donors (Lipinski definition) is 9. The van der Waals surface area contributed by atoms with E-state index in [-0.39, 0.29) is 32.1 Å². The maximum Gasteiger partial charge on any atom is 0.472 e. The number of aliphatic hydroxyl groups is 6. The molecule has 1 aliphatic rings. The highest BCUT2D eigenvalue weighted by Gasteiger charge is 2.54. The lowest BCUT2D eigenvalue weighted by molar-refractivity contribution is -0.216. The molecular formula is C49H86O18P2. The Morgan fingerprint density at radius 2 is 1.03 bits per heavy atom. The van der Waals surface area contributed by atoms with Crippen LogP contribution in [0.15, 0.2) is 60.8 Å². The van der Waals surface area contributed by atoms with Gasteiger partial charge in [-0.15, -0.1) is 0 Å². The van der Waals surface area contributed by atoms with Crippen LogP contribution in [0, 0.1) is 0 Å². The van der Waals surface area contributed by atoms with Crippen molar-refractivity contribution in [2.24, 2.45) is 0 Å². The SMILES string of the molecule is CC/C=C\C/C=C\C/C=C\C/C=C\C[C@@H](O)[C@H](O)CCCC(=O)O[C@H](COC(=O)CCCCCCCCC/C=C\CCCCCCCC)COP(=O)(O)O[C@H]1C(O)C(O)C(O)[C@@H](OP(=O)(O)O)C1O. The quantitative estimate of drug-likeness (QED) is 0.0122. The fourth-order valence-corrected chi connectivity index (χ4v) is 8.82. The third-order valence-electron chi connectivity index (χ3n) is 11.3. The van der Waals surface area contributed by atoms with Crippen molar-refractivity contribution in [2.45, 2.75) is 223 Å². The smallest absolute Gasteiger partial charge is 0.462 e. The molecule has 400 valence electrons. The van der Waals surface area contributed by atoms with E-state index in [1.807, 2.05) is 18.2 Å². The topological polar surface area (TPSA) is 296 Å². The third-order valence-corrected chi connectivity index (χ3v) is 12.8. The second-order valence-electron chi connectivity index (χ2n) is 17.5. The van der Waals surface area contributed by atoms with Crippen LogP contribution in [0.1, 0.15) is 168 Å². The van der Waals surface area contributed by atoms with Crippen LogP contribution in [0.25, 0.3) is 0 Å². The lowest BCUT2D eigenvalue weighted by Gasteiger charge is -2.43. The molecule has 1 aliphatic carbocycles. The molecule has 0 aromatic rings. The van der Waals surface area contributed by atoms with Crippen LogP contribution in [0.5, 0.6) is 0 Å². The molecule has 1 fully saturated rings. The van der Waals surface area contributed by atoms with Crippen LogP contribution in [-0.2, 0) is 41.8 Å². The van der Waals surface area contributed by atoms with Gasteiger partial charge in [0.1, 0.15) is 43.2 Å². The Hall–Kier alpha value is -2.38. The van der Waals surface area contributed by atoms with Crippen molar-refractivity contribution in [2.75, 3.05) is 13.2 Å². The highest BCUT2D eigenvalue weighted by atomic mass is 31.2. The van der Waals surface area contributed by atoms with Gasteiger partial charge in [0, 0.05) is 12.8 Å². The molecule has 0 saturated heterocycles. The zero-order valence-electron chi connectivity index (χ0n) is 40.9. The first-order valence-corrected chi connectivity index (χ1v) is 28.0. The Kier molecular flexibility index (Phi) is 36.7. The number of ether oxygens (including phenoxy) is 2. The number of esters is 2. The van der Waals surface area contributed by atoms with Crippen molar-refractivity contribution >= 4 is 27.6 Å². The van der Waals surface area contributed by atoms with Gasteiger partial charge in [0.25, 0.3) is 0 Å². The van der Waals surface area contributed by atoms with Gasteiger partial charge in [0.2, 0.25) is 0 Å². The molecule has 0 bridgehead atoms. The zero-order chi connectivity index (χ0) is 51.3. The molecule has 69 heavy (non-hydrogen) atoms. The highest BCUT2D eigenvalue weighted by Crippen LogP contribution is 2.49. The summed E-state index contributed by atoms with van der Waals surface area (Å²) in [5.74, 6) is -1.50. The summed E-state index contributed by atoms with van der Waals surface area (Å²) in [6, 6.07) is 0. The van der Waals surface area contributed by atoms with Crippen LogP contribution < -0.4 is 0 Å². The normalized spacial score (nSPS) is 22.5. The second kappa shape index (κ2) is 39.2. The molecule has 18 nitrogen and oxygen atoms in total. The molecule has 9 N–H and O–H groups in total. The van der Waals surface area contributed by atoms with E-state index < -0.39 is 95.7 Å². The molecule has 10 atom stereocenters. The predicted molar refractivity (Wildman–Crippen MR) is 262 cm³/mol. The van der Waals surface area contributed by atoms with Crippen molar-refractivity contribution < 1.29 is 87.1 Å². The van der Waals surface area contributed by atoms with E-state index in [2.05, 4.69) is 54.8 Å². The molecule has 0 heterocycles. The molecule has 0 amide bonds. The summed E-state index contributed by atoms with van der Waals surface area (Å²) >= 11 is 0. The molecule has 20 heteroatoms. The Labute approximate surface area is 410 Å². The standard InChI is InChI=1S/C49H86O18P2/c1-3-5-7-9-11-13-15-17-18-19-20-21-23-25-27-29-31-35-42(52)63-37-39(38-64-69(61,62)67-49-46(56)44(54)45(55)48(47(49)57)66-68(58,59)60)65-43(53)36-32-34-41(51)40(50)33-30-28-26-24-22-16-14-12-10-8-6-4-2/h6,8,12,14,17-18,22,24,28,30,39-41,44-51,54-57H,3-5,7,9-11,13,15-16,19-21,23,25-27,29,31-38H2,1-2H3,(H,61,62)(H2,58,59,60)/b8-6-,14-12-,18-17-,24-22-,30-28-/t39-,40-,41-,44?,45?,46?,47?,48-,49+/m1/s1. The van der Waals surface area contributed by atoms with Crippen LogP contribution in [0.4, 0.5) is 0 Å². The number of rotatable bonds is 41. The molecule has 0 spiro atoms. The number of carbonyl (C=O) groups is 2. The molecule has 1 rings (SSSR count). The minimum Gasteiger partial charge on any atom is -0.462 e. The van der Waals surface area contributed by atoms with E-state index in [1.54, 1.807) is 6.08 Å². The van der Waals surface area contributed by atoms with E-state index in [4.69, 9.17) is 18.5 Å². The van der Waals surface area contributed by atoms with Crippen molar-refractivity contribution in [1.29, 1.82) is 0 Å². The van der Waals surface area contributed by atoms with Gasteiger partial charge >= 0.3 is 27.6 Å². The van der Waals surface area contributed by atoms with Gasteiger partial charge in [-0.1, -0.05) is 139 Å². The fourth-order valence-electron chi connectivity index (χ4n) is 7.28. The second-order valence-corrected chi connectivity index (χ2v) is 20.1. The van der Waals surface area contributed by atoms with E-state index >= 15 is 0 Å². The van der Waals surface area contributed by atoms with Crippen molar-refractivity contribution in [3.63, 3.8) is 0 Å². The molecule has 1 saturated carbocycles. The largest absolute Gasteiger partial charge is 0.472 e. The van der Waals surface area contributed by atoms with E-state index in [0.717, 1.165) is 70.6 Å². The van der Waals surface area contributed by atoms with Crippen molar-refractivity contribution in [1.82, 2.24) is 0 Å². The van der Waals surface area contributed by atoms with Crippen LogP contribution in [-0.4, -0.2) is 125 Å². The number of phosphoric ester groups is 2. The number of hydrogen-bond acceptors (Lipinski definition) is 15. The fraction of sp³-hybridized carbons (Fsp3) is 0.755. The van der Waals surface area contributed by atoms with Crippen molar-refractivity contribution in [3.05, 3.63) is 60.8 Å². The maximum absolute atomic E-state index is 13.0. The third kappa shape index (κ3) is 33.1. The summed E-state index contributed by atoms with van der Waals surface area (Å²) in [7, 11) is -10.8. The van der Waals surface area contributed by atoms with E-state index in [1.165, 1.54) is 38.5 Å². The first-order valence-electron chi connectivity index (χ1n) is 25.0. The average Bonchev–Trinajstić information content (AvgIpc) is 3.30. The van der Waals surface area contributed by atoms with Crippen LogP contribution in [0.3, 0.4) is 0 Å². The minimum atomic E-state index is -5.40. The number of unbranched alkanes of at least 4 members (excludes halogenated alkanes) is 13. The van der Waals surface area contributed by atoms with Crippen LogP contribution in [0.2, 0.25) is 0 Å². The van der Waals surface area contributed by atoms with Gasteiger partial charge in [-0.3, -0.25) is 23.2 Å². The number of aliphatic hydroxyl groups excluding tert-OH is 6. The Balaban J connectivity index is 2.68. The number of carbonyl (C=O) groups excluding carboxylic acids is 2. The van der Waals surface area contributed by atoms with Gasteiger partial charge in [-0.05, 0) is 77.0 Å². The Morgan fingerprint density at radius 3 is 1.58 bits per heavy atom. The summed E-state index contributed by atoms with van der Waals surface area (Å²) in [6.07, 6.45) is 23.2. The summed E-state index contributed by atoms with van der Waals surface area (Å²) in [4.78, 5) is 54.4. The molecule has 0 aromatic heterocycles. The summed E-state index contributed by atoms with van der Waals surface area (Å²) in [6.45, 7) is 2.75. The summed E-state index contributed by atoms with van der Waals surface area (Å²) < 4.78 is 49.2. The summed E-state index contributed by atoms with van der Waals surface area (Å²) in [5.41, 5.74) is 0. The molecule has 0 aliphatic heterocycles. The minimum absolute atomic E-state index is 0.0235. The highest BCUT2D eigenvalue weighted by molar-refractivity contribution is 7.47. The number of allylic oxidation sites excluding steroid dienone is 9. The lowest BCUT2D eigenvalue weighted by Crippen LogP contribution is -2.64. The van der Waals surface area contributed by atoms with Crippen LogP contribution >= 0.6 is 15.6 Å². The first kappa shape index (κ1) is 64.6. The lowest BCUT2D eigenvalue weighted by atomic mass is 9.85. The molecule has 5 unspecified atom stereocenters. The molecular weight excluding hydrogens is 938 g/mol.